The van der Waals surface area contributed by atoms with Gasteiger partial charge in [-0.2, -0.15) is 5.10 Å². The predicted molar refractivity (Wildman–Crippen MR) is 137 cm³/mol. The van der Waals surface area contributed by atoms with Crippen molar-refractivity contribution in [2.45, 2.75) is 25.0 Å². The van der Waals surface area contributed by atoms with Crippen LogP contribution in [0, 0.1) is 5.82 Å². The van der Waals surface area contributed by atoms with Crippen LogP contribution in [0.25, 0.3) is 33.5 Å². The van der Waals surface area contributed by atoms with Gasteiger partial charge in [-0.05, 0) is 42.8 Å². The first kappa shape index (κ1) is 21.9. The molecule has 3 saturated heterocycles. The molecule has 0 amide bonds. The third-order valence-corrected chi connectivity index (χ3v) is 7.53. The summed E-state index contributed by atoms with van der Waals surface area (Å²) in [7, 11) is 1.89. The number of nitrogens with one attached hydrogen (secondary N) is 1. The Morgan fingerprint density at radius 2 is 1.89 bits per heavy atom. The molecule has 10 heteroatoms. The largest absolute Gasteiger partial charge is 0.508 e. The molecule has 3 aliphatic rings. The fourth-order valence-electron chi connectivity index (χ4n) is 5.61. The van der Waals surface area contributed by atoms with Crippen molar-refractivity contribution in [3.05, 3.63) is 72.7 Å². The van der Waals surface area contributed by atoms with Crippen LogP contribution in [0.5, 0.6) is 5.75 Å². The Balaban J connectivity index is 1.09. The van der Waals surface area contributed by atoms with Gasteiger partial charge in [0, 0.05) is 73.2 Å². The van der Waals surface area contributed by atoms with E-state index in [1.165, 1.54) is 18.2 Å². The average Bonchev–Trinajstić information content (AvgIpc) is 3.55. The normalized spacial score (nSPS) is 19.4. The molecule has 0 saturated carbocycles. The van der Waals surface area contributed by atoms with Gasteiger partial charge in [0.1, 0.15) is 29.4 Å². The van der Waals surface area contributed by atoms with Crippen molar-refractivity contribution in [1.29, 1.82) is 0 Å². The summed E-state index contributed by atoms with van der Waals surface area (Å²) in [6.45, 7) is 2.26. The van der Waals surface area contributed by atoms with Crippen LogP contribution in [0.2, 0.25) is 0 Å². The zero-order chi connectivity index (χ0) is 25.1. The molecular formula is C27H25FN8O. The number of nitrogens with zero attached hydrogens (tertiary/aromatic N) is 7. The Morgan fingerprint density at radius 1 is 1.03 bits per heavy atom. The fraction of sp³-hybridized carbons (Fsp3) is 0.259. The predicted octanol–water partition coefficient (Wildman–Crippen LogP) is 3.73. The molecule has 2 unspecified atom stereocenters. The van der Waals surface area contributed by atoms with Crippen LogP contribution >= 0.6 is 0 Å². The van der Waals surface area contributed by atoms with E-state index in [4.69, 9.17) is 4.98 Å². The van der Waals surface area contributed by atoms with Crippen molar-refractivity contribution in [1.82, 2.24) is 34.6 Å². The van der Waals surface area contributed by atoms with Gasteiger partial charge in [-0.15, -0.1) is 0 Å². The number of aromatic amines is 1. The van der Waals surface area contributed by atoms with E-state index in [9.17, 15) is 9.50 Å². The lowest BCUT2D eigenvalue weighted by molar-refractivity contribution is -0.00921. The molecule has 2 N–H and O–H groups in total. The lowest BCUT2D eigenvalue weighted by Gasteiger charge is -2.56. The molecule has 5 aromatic rings. The second kappa shape index (κ2) is 8.38. The van der Waals surface area contributed by atoms with Gasteiger partial charge < -0.3 is 15.0 Å². The minimum absolute atomic E-state index is 0.147. The number of hydrogen-bond donors (Lipinski definition) is 2. The topological polar surface area (TPSA) is 99.0 Å². The smallest absolute Gasteiger partial charge is 0.141 e. The third kappa shape index (κ3) is 3.80. The van der Waals surface area contributed by atoms with Gasteiger partial charge in [0.15, 0.2) is 0 Å². The first-order valence-electron chi connectivity index (χ1n) is 12.3. The highest BCUT2D eigenvalue weighted by molar-refractivity contribution is 5.94. The number of hydrogen-bond acceptors (Lipinski definition) is 7. The van der Waals surface area contributed by atoms with Crippen LogP contribution in [-0.4, -0.2) is 64.9 Å². The molecule has 8 rings (SSSR count). The number of phenolic OH excluding ortho intramolecular Hbond substituents is 1. The lowest BCUT2D eigenvalue weighted by Crippen LogP contribution is -2.68. The molecule has 1 aromatic carbocycles. The van der Waals surface area contributed by atoms with Gasteiger partial charge in [0.05, 0.1) is 17.6 Å². The Bertz CT molecular complexity index is 1600. The van der Waals surface area contributed by atoms with Gasteiger partial charge in [-0.25, -0.2) is 19.3 Å². The van der Waals surface area contributed by atoms with E-state index in [-0.39, 0.29) is 11.6 Å². The molecule has 7 heterocycles. The molecule has 186 valence electrons. The zero-order valence-electron chi connectivity index (χ0n) is 20.2. The molecule has 2 atom stereocenters. The third-order valence-electron chi connectivity index (χ3n) is 7.53. The summed E-state index contributed by atoms with van der Waals surface area (Å²) in [6.07, 6.45) is 8.32. The number of anilines is 1. The van der Waals surface area contributed by atoms with Crippen molar-refractivity contribution in [2.24, 2.45) is 7.05 Å². The quantitative estimate of drug-likeness (QED) is 0.383. The van der Waals surface area contributed by atoms with E-state index in [0.717, 1.165) is 58.9 Å². The number of piperazine rings is 1. The zero-order valence-corrected chi connectivity index (χ0v) is 20.2. The summed E-state index contributed by atoms with van der Waals surface area (Å²) < 4.78 is 15.4. The average molecular weight is 497 g/mol. The molecule has 4 aromatic heterocycles. The van der Waals surface area contributed by atoms with E-state index < -0.39 is 0 Å². The molecule has 0 spiro atoms. The van der Waals surface area contributed by atoms with Gasteiger partial charge in [-0.1, -0.05) is 0 Å². The van der Waals surface area contributed by atoms with Crippen LogP contribution in [0.3, 0.4) is 0 Å². The summed E-state index contributed by atoms with van der Waals surface area (Å²) in [5.41, 5.74) is 5.10. The van der Waals surface area contributed by atoms with Gasteiger partial charge >= 0.3 is 0 Å². The molecule has 37 heavy (non-hydrogen) atoms. The van der Waals surface area contributed by atoms with Crippen molar-refractivity contribution in [2.75, 3.05) is 18.0 Å². The first-order chi connectivity index (χ1) is 18.0. The lowest BCUT2D eigenvalue weighted by atomic mass is 9.86. The summed E-state index contributed by atoms with van der Waals surface area (Å²) in [5, 5.41) is 15.3. The fourth-order valence-corrected chi connectivity index (χ4v) is 5.61. The first-order valence-corrected chi connectivity index (χ1v) is 12.3. The van der Waals surface area contributed by atoms with Crippen LogP contribution in [-0.2, 0) is 13.6 Å². The summed E-state index contributed by atoms with van der Waals surface area (Å²) in [6, 6.07) is 11.0. The SMILES string of the molecule is Cn1cc(-c2cc3c(-c4ccc(N5CC6CC(C5)N6Cc5cc(F)ccc5O)nc4)ncnc3[nH]2)cn1. The molecule has 9 nitrogen and oxygen atoms in total. The molecule has 2 bridgehead atoms. The number of fused-ring (bicyclic) bond motifs is 3. The van der Waals surface area contributed by atoms with E-state index in [1.807, 2.05) is 31.7 Å². The van der Waals surface area contributed by atoms with E-state index in [2.05, 4.69) is 42.0 Å². The number of piperidine rings is 1. The number of aryl methyl sites for hydroxylation is 1. The maximum Gasteiger partial charge on any atom is 0.141 e. The highest BCUT2D eigenvalue weighted by Crippen LogP contribution is 2.37. The second-order valence-corrected chi connectivity index (χ2v) is 9.87. The van der Waals surface area contributed by atoms with Crippen LogP contribution in [0.1, 0.15) is 12.0 Å². The van der Waals surface area contributed by atoms with Crippen LogP contribution in [0.4, 0.5) is 10.2 Å². The number of H-pyrrole nitrogens is 1. The van der Waals surface area contributed by atoms with Crippen LogP contribution < -0.4 is 4.90 Å². The Hall–Kier alpha value is -4.31. The second-order valence-electron chi connectivity index (χ2n) is 9.87. The number of phenols is 1. The highest BCUT2D eigenvalue weighted by atomic mass is 19.1. The molecule has 3 fully saturated rings. The number of pyridine rings is 1. The van der Waals surface area contributed by atoms with Gasteiger partial charge in [-0.3, -0.25) is 9.58 Å². The molecular weight excluding hydrogens is 471 g/mol. The number of rotatable bonds is 5. The summed E-state index contributed by atoms with van der Waals surface area (Å²) in [5.74, 6) is 0.759. The number of aromatic hydroxyl groups is 1. The molecule has 3 aliphatic heterocycles. The minimum Gasteiger partial charge on any atom is -0.508 e. The van der Waals surface area contributed by atoms with Gasteiger partial charge in [0.25, 0.3) is 0 Å². The standard InChI is InChI=1S/C27H25FN8O/c1-34-11-18(10-32-34)23-8-22-26(30-15-31-27(22)33-23)16-2-5-25(29-9-16)35-13-20-7-21(14-35)36(20)12-17-6-19(28)3-4-24(17)37/h2-6,8-11,15,20-21,37H,7,12-14H2,1H3,(H,30,31,33). The maximum absolute atomic E-state index is 13.7. The number of benzene rings is 1. The summed E-state index contributed by atoms with van der Waals surface area (Å²) >= 11 is 0. The molecule has 0 radical (unpaired) electrons. The monoisotopic (exact) mass is 496 g/mol. The van der Waals surface area contributed by atoms with Crippen molar-refractivity contribution >= 4 is 16.9 Å². The number of aromatic nitrogens is 6. The van der Waals surface area contributed by atoms with Crippen LogP contribution in [0.15, 0.2) is 61.3 Å². The van der Waals surface area contributed by atoms with E-state index in [0.29, 0.717) is 24.2 Å². The van der Waals surface area contributed by atoms with Crippen molar-refractivity contribution in [3.8, 4) is 28.3 Å². The van der Waals surface area contributed by atoms with Gasteiger partial charge in [0.2, 0.25) is 0 Å². The molecule has 0 aliphatic carbocycles. The maximum atomic E-state index is 13.7. The van der Waals surface area contributed by atoms with E-state index >= 15 is 0 Å². The van der Waals surface area contributed by atoms with Crippen molar-refractivity contribution < 1.29 is 9.50 Å². The minimum atomic E-state index is -0.321. The highest BCUT2D eigenvalue weighted by Gasteiger charge is 2.44. The number of halogens is 1. The Kier molecular flexibility index (Phi) is 4.97. The van der Waals surface area contributed by atoms with Crippen molar-refractivity contribution in [3.63, 3.8) is 0 Å². The Morgan fingerprint density at radius 3 is 2.65 bits per heavy atom. The Labute approximate surface area is 212 Å². The summed E-state index contributed by atoms with van der Waals surface area (Å²) in [4.78, 5) is 21.8. The van der Waals surface area contributed by atoms with E-state index in [1.54, 1.807) is 11.0 Å².